The molecule has 1 N–H and O–H groups in total. The van der Waals surface area contributed by atoms with Gasteiger partial charge in [-0.25, -0.2) is 0 Å². The maximum absolute atomic E-state index is 12.0. The summed E-state index contributed by atoms with van der Waals surface area (Å²) in [5.41, 5.74) is 0.943. The number of hydrogen-bond acceptors (Lipinski definition) is 3. The van der Waals surface area contributed by atoms with Crippen molar-refractivity contribution in [3.05, 3.63) is 58.6 Å². The number of pyridine rings is 1. The van der Waals surface area contributed by atoms with Crippen LogP contribution in [0.2, 0.25) is 10.0 Å². The van der Waals surface area contributed by atoms with Crippen molar-refractivity contribution in [3.63, 3.8) is 0 Å². The number of halogens is 2. The number of amides is 1. The fourth-order valence-electron chi connectivity index (χ4n) is 1.87. The highest BCUT2D eigenvalue weighted by atomic mass is 35.5. The monoisotopic (exact) mass is 306 g/mol. The van der Waals surface area contributed by atoms with E-state index in [9.17, 15) is 4.79 Å². The standard InChI is InChI=1S/C14H8Cl2N2O2/c15-9-7-10(16)13(12-8(9)3-1-5-17-12)18-14(19)11-4-2-6-20-11/h1-7H,(H,18,19). The summed E-state index contributed by atoms with van der Waals surface area (Å²) in [6.07, 6.45) is 3.03. The Labute approximate surface area is 124 Å². The fraction of sp³-hybridized carbons (Fsp3) is 0. The third-order valence-corrected chi connectivity index (χ3v) is 3.39. The van der Waals surface area contributed by atoms with Crippen molar-refractivity contribution in [2.75, 3.05) is 5.32 Å². The van der Waals surface area contributed by atoms with E-state index >= 15 is 0 Å². The highest BCUT2D eigenvalue weighted by molar-refractivity contribution is 6.41. The Kier molecular flexibility index (Phi) is 3.34. The number of nitrogens with zero attached hydrogens (tertiary/aromatic N) is 1. The maximum Gasteiger partial charge on any atom is 0.291 e. The minimum absolute atomic E-state index is 0.195. The zero-order valence-electron chi connectivity index (χ0n) is 10.1. The number of anilines is 1. The highest BCUT2D eigenvalue weighted by Gasteiger charge is 2.16. The number of nitrogens with one attached hydrogen (secondary N) is 1. The van der Waals surface area contributed by atoms with Crippen LogP contribution in [-0.2, 0) is 0 Å². The van der Waals surface area contributed by atoms with E-state index in [0.29, 0.717) is 26.6 Å². The molecule has 0 spiro atoms. The van der Waals surface area contributed by atoms with E-state index in [-0.39, 0.29) is 5.76 Å². The lowest BCUT2D eigenvalue weighted by atomic mass is 10.2. The smallest absolute Gasteiger partial charge is 0.291 e. The van der Waals surface area contributed by atoms with Crippen LogP contribution in [0.3, 0.4) is 0 Å². The molecule has 0 unspecified atom stereocenters. The molecule has 20 heavy (non-hydrogen) atoms. The van der Waals surface area contributed by atoms with E-state index in [1.807, 2.05) is 6.07 Å². The molecule has 0 atom stereocenters. The van der Waals surface area contributed by atoms with Crippen LogP contribution in [0.5, 0.6) is 0 Å². The topological polar surface area (TPSA) is 55.1 Å². The first kappa shape index (κ1) is 13.0. The second-order valence-electron chi connectivity index (χ2n) is 4.05. The average molecular weight is 307 g/mol. The minimum atomic E-state index is -0.397. The van der Waals surface area contributed by atoms with Crippen LogP contribution in [0, 0.1) is 0 Å². The van der Waals surface area contributed by atoms with Gasteiger partial charge in [-0.2, -0.15) is 0 Å². The maximum atomic E-state index is 12.0. The van der Waals surface area contributed by atoms with Crippen LogP contribution in [-0.4, -0.2) is 10.9 Å². The molecular weight excluding hydrogens is 299 g/mol. The number of rotatable bonds is 2. The van der Waals surface area contributed by atoms with Gasteiger partial charge in [0.05, 0.1) is 27.5 Å². The number of aromatic nitrogens is 1. The minimum Gasteiger partial charge on any atom is -0.459 e. The molecule has 100 valence electrons. The average Bonchev–Trinajstić information content (AvgIpc) is 2.97. The first-order valence-electron chi connectivity index (χ1n) is 5.74. The molecule has 6 heteroatoms. The molecule has 4 nitrogen and oxygen atoms in total. The number of benzene rings is 1. The summed E-state index contributed by atoms with van der Waals surface area (Å²) in [5.74, 6) is -0.203. The number of carbonyl (C=O) groups is 1. The van der Waals surface area contributed by atoms with Gasteiger partial charge in [-0.3, -0.25) is 9.78 Å². The molecule has 3 aromatic rings. The van der Waals surface area contributed by atoms with E-state index in [4.69, 9.17) is 27.6 Å². The molecule has 0 aliphatic carbocycles. The van der Waals surface area contributed by atoms with Crippen molar-refractivity contribution in [2.24, 2.45) is 0 Å². The zero-order valence-corrected chi connectivity index (χ0v) is 11.6. The summed E-state index contributed by atoms with van der Waals surface area (Å²) < 4.78 is 5.04. The van der Waals surface area contributed by atoms with Gasteiger partial charge in [0.1, 0.15) is 0 Å². The SMILES string of the molecule is O=C(Nc1c(Cl)cc(Cl)c2cccnc12)c1ccco1. The van der Waals surface area contributed by atoms with Crippen molar-refractivity contribution in [1.82, 2.24) is 4.98 Å². The summed E-state index contributed by atoms with van der Waals surface area (Å²) in [6, 6.07) is 8.35. The lowest BCUT2D eigenvalue weighted by molar-refractivity contribution is 0.0997. The molecule has 1 amide bonds. The number of hydrogen-bond donors (Lipinski definition) is 1. The zero-order chi connectivity index (χ0) is 14.1. The van der Waals surface area contributed by atoms with E-state index in [0.717, 1.165) is 0 Å². The lowest BCUT2D eigenvalue weighted by Gasteiger charge is -2.10. The van der Waals surface area contributed by atoms with E-state index < -0.39 is 5.91 Å². The first-order valence-corrected chi connectivity index (χ1v) is 6.50. The van der Waals surface area contributed by atoms with E-state index in [2.05, 4.69) is 10.3 Å². The van der Waals surface area contributed by atoms with Gasteiger partial charge in [0.15, 0.2) is 5.76 Å². The Morgan fingerprint density at radius 2 is 2.05 bits per heavy atom. The summed E-state index contributed by atoms with van der Waals surface area (Å²) in [5, 5.41) is 4.21. The second-order valence-corrected chi connectivity index (χ2v) is 4.86. The molecule has 2 heterocycles. The largest absolute Gasteiger partial charge is 0.459 e. The van der Waals surface area contributed by atoms with Gasteiger partial charge >= 0.3 is 0 Å². The Morgan fingerprint density at radius 1 is 1.20 bits per heavy atom. The summed E-state index contributed by atoms with van der Waals surface area (Å²) in [6.45, 7) is 0. The normalized spacial score (nSPS) is 10.7. The first-order chi connectivity index (χ1) is 9.66. The number of furan rings is 1. The number of carbonyl (C=O) groups excluding carboxylic acids is 1. The quantitative estimate of drug-likeness (QED) is 0.764. The van der Waals surface area contributed by atoms with Crippen molar-refractivity contribution in [2.45, 2.75) is 0 Å². The Balaban J connectivity index is 2.10. The van der Waals surface area contributed by atoms with Crippen LogP contribution in [0.1, 0.15) is 10.6 Å². The van der Waals surface area contributed by atoms with Crippen molar-refractivity contribution < 1.29 is 9.21 Å². The number of fused-ring (bicyclic) bond motifs is 1. The Hall–Kier alpha value is -2.04. The molecular formula is C14H8Cl2N2O2. The van der Waals surface area contributed by atoms with Gasteiger partial charge < -0.3 is 9.73 Å². The molecule has 0 bridgehead atoms. The van der Waals surface area contributed by atoms with Gasteiger partial charge in [-0.15, -0.1) is 0 Å². The van der Waals surface area contributed by atoms with Crippen LogP contribution in [0.15, 0.2) is 47.2 Å². The van der Waals surface area contributed by atoms with Gasteiger partial charge in [-0.1, -0.05) is 23.2 Å². The lowest BCUT2D eigenvalue weighted by Crippen LogP contribution is -2.12. The fourth-order valence-corrected chi connectivity index (χ4v) is 2.44. The predicted octanol–water partition coefficient (Wildman–Crippen LogP) is 4.39. The third kappa shape index (κ3) is 2.24. The van der Waals surface area contributed by atoms with Gasteiger partial charge in [0, 0.05) is 11.6 Å². The Morgan fingerprint density at radius 3 is 2.80 bits per heavy atom. The van der Waals surface area contributed by atoms with Gasteiger partial charge in [-0.05, 0) is 30.3 Å². The molecule has 0 saturated carbocycles. The molecule has 1 aromatic carbocycles. The van der Waals surface area contributed by atoms with Crippen LogP contribution in [0.25, 0.3) is 10.9 Å². The van der Waals surface area contributed by atoms with Gasteiger partial charge in [0.25, 0.3) is 5.91 Å². The summed E-state index contributed by atoms with van der Waals surface area (Å²) in [4.78, 5) is 16.3. The molecule has 2 aromatic heterocycles. The predicted molar refractivity (Wildman–Crippen MR) is 78.4 cm³/mol. The molecule has 3 rings (SSSR count). The highest BCUT2D eigenvalue weighted by Crippen LogP contribution is 2.35. The molecule has 0 aliphatic heterocycles. The van der Waals surface area contributed by atoms with E-state index in [1.54, 1.807) is 30.5 Å². The Bertz CT molecular complexity index is 785. The van der Waals surface area contributed by atoms with Crippen LogP contribution < -0.4 is 5.32 Å². The van der Waals surface area contributed by atoms with Crippen molar-refractivity contribution >= 4 is 45.7 Å². The molecule has 0 aliphatic rings. The molecule has 0 fully saturated rings. The molecule has 0 radical (unpaired) electrons. The van der Waals surface area contributed by atoms with Crippen molar-refractivity contribution in [1.29, 1.82) is 0 Å². The van der Waals surface area contributed by atoms with Crippen molar-refractivity contribution in [3.8, 4) is 0 Å². The van der Waals surface area contributed by atoms with E-state index in [1.165, 1.54) is 6.26 Å². The van der Waals surface area contributed by atoms with Crippen LogP contribution >= 0.6 is 23.2 Å². The van der Waals surface area contributed by atoms with Crippen LogP contribution in [0.4, 0.5) is 5.69 Å². The summed E-state index contributed by atoms with van der Waals surface area (Å²) >= 11 is 12.3. The molecule has 0 saturated heterocycles. The summed E-state index contributed by atoms with van der Waals surface area (Å²) in [7, 11) is 0. The van der Waals surface area contributed by atoms with Gasteiger partial charge in [0.2, 0.25) is 0 Å². The third-order valence-electron chi connectivity index (χ3n) is 2.78. The second kappa shape index (κ2) is 5.15.